The SMILES string of the molecule is N#C/C(=C\c1ccc(OC(F)F)cc1OC(F)F)C(=O)Nc1cc(Cl)ccc1N1CCOCC1. The molecule has 2 aromatic carbocycles. The van der Waals surface area contributed by atoms with Gasteiger partial charge >= 0.3 is 13.2 Å². The summed E-state index contributed by atoms with van der Waals surface area (Å²) in [6, 6.07) is 9.57. The number of carbonyl (C=O) groups excluding carboxylic acids is 1. The number of rotatable bonds is 8. The van der Waals surface area contributed by atoms with Crippen LogP contribution in [0.1, 0.15) is 5.56 Å². The fourth-order valence-corrected chi connectivity index (χ4v) is 3.36. The summed E-state index contributed by atoms with van der Waals surface area (Å²) in [4.78, 5) is 14.8. The molecule has 180 valence electrons. The Kier molecular flexibility index (Phi) is 8.56. The third-order valence-electron chi connectivity index (χ3n) is 4.65. The minimum absolute atomic E-state index is 0.117. The topological polar surface area (TPSA) is 83.8 Å². The number of morpholine rings is 1. The molecule has 7 nitrogen and oxygen atoms in total. The minimum atomic E-state index is -3.28. The van der Waals surface area contributed by atoms with Gasteiger partial charge in [0.1, 0.15) is 23.1 Å². The number of hydrogen-bond acceptors (Lipinski definition) is 6. The molecule has 1 aliphatic rings. The monoisotopic (exact) mass is 499 g/mol. The van der Waals surface area contributed by atoms with E-state index in [1.54, 1.807) is 18.2 Å². The van der Waals surface area contributed by atoms with E-state index in [1.807, 2.05) is 4.90 Å². The van der Waals surface area contributed by atoms with Crippen molar-refractivity contribution < 1.29 is 36.6 Å². The van der Waals surface area contributed by atoms with Gasteiger partial charge in [-0.3, -0.25) is 4.79 Å². The van der Waals surface area contributed by atoms with E-state index in [1.165, 1.54) is 6.07 Å². The van der Waals surface area contributed by atoms with Crippen LogP contribution in [0.2, 0.25) is 5.02 Å². The molecule has 0 saturated carbocycles. The van der Waals surface area contributed by atoms with Crippen molar-refractivity contribution in [2.24, 2.45) is 0 Å². The molecule has 1 fully saturated rings. The maximum Gasteiger partial charge on any atom is 0.387 e. The molecule has 0 aliphatic carbocycles. The maximum atomic E-state index is 12.8. The number of anilines is 2. The molecule has 0 spiro atoms. The summed E-state index contributed by atoms with van der Waals surface area (Å²) in [6.45, 7) is -4.32. The molecule has 0 atom stereocenters. The summed E-state index contributed by atoms with van der Waals surface area (Å²) in [5.74, 6) is -1.82. The quantitative estimate of drug-likeness (QED) is 0.315. The minimum Gasteiger partial charge on any atom is -0.435 e. The summed E-state index contributed by atoms with van der Waals surface area (Å²) in [7, 11) is 0. The van der Waals surface area contributed by atoms with Crippen molar-refractivity contribution >= 4 is 35.0 Å². The maximum absolute atomic E-state index is 12.8. The Balaban J connectivity index is 1.90. The van der Waals surface area contributed by atoms with Crippen molar-refractivity contribution in [2.45, 2.75) is 13.2 Å². The van der Waals surface area contributed by atoms with E-state index in [0.29, 0.717) is 42.7 Å². The van der Waals surface area contributed by atoms with Gasteiger partial charge < -0.3 is 24.4 Å². The highest BCUT2D eigenvalue weighted by Gasteiger charge is 2.19. The number of nitrogens with one attached hydrogen (secondary N) is 1. The fourth-order valence-electron chi connectivity index (χ4n) is 3.19. The van der Waals surface area contributed by atoms with Crippen LogP contribution in [0.4, 0.5) is 28.9 Å². The Bertz CT molecular complexity index is 1100. The lowest BCUT2D eigenvalue weighted by molar-refractivity contribution is -0.112. The lowest BCUT2D eigenvalue weighted by Crippen LogP contribution is -2.36. The van der Waals surface area contributed by atoms with Crippen molar-refractivity contribution in [1.82, 2.24) is 0 Å². The second-order valence-electron chi connectivity index (χ2n) is 6.84. The Morgan fingerprint density at radius 3 is 2.47 bits per heavy atom. The predicted molar refractivity (Wildman–Crippen MR) is 116 cm³/mol. The van der Waals surface area contributed by atoms with Gasteiger partial charge in [-0.1, -0.05) is 11.6 Å². The van der Waals surface area contributed by atoms with E-state index >= 15 is 0 Å². The van der Waals surface area contributed by atoms with E-state index in [4.69, 9.17) is 16.3 Å². The largest absolute Gasteiger partial charge is 0.435 e. The van der Waals surface area contributed by atoms with E-state index in [0.717, 1.165) is 24.3 Å². The number of hydrogen-bond donors (Lipinski definition) is 1. The predicted octanol–water partition coefficient (Wildman–Crippen LogP) is 4.93. The summed E-state index contributed by atoms with van der Waals surface area (Å²) in [5.41, 5.74) is 0.432. The van der Waals surface area contributed by atoms with Crippen molar-refractivity contribution in [3.8, 4) is 17.6 Å². The van der Waals surface area contributed by atoms with Gasteiger partial charge in [0.25, 0.3) is 5.91 Å². The lowest BCUT2D eigenvalue weighted by Gasteiger charge is -2.30. The van der Waals surface area contributed by atoms with E-state index < -0.39 is 36.2 Å². The first-order valence-electron chi connectivity index (χ1n) is 9.86. The van der Waals surface area contributed by atoms with Gasteiger partial charge in [0.05, 0.1) is 24.6 Å². The molecule has 1 amide bonds. The molecule has 3 rings (SSSR count). The van der Waals surface area contributed by atoms with Crippen LogP contribution in [0.3, 0.4) is 0 Å². The van der Waals surface area contributed by atoms with Gasteiger partial charge in [0, 0.05) is 29.7 Å². The highest BCUT2D eigenvalue weighted by molar-refractivity contribution is 6.31. The second kappa shape index (κ2) is 11.6. The van der Waals surface area contributed by atoms with Crippen LogP contribution >= 0.6 is 11.6 Å². The van der Waals surface area contributed by atoms with Gasteiger partial charge in [-0.05, 0) is 36.4 Å². The zero-order chi connectivity index (χ0) is 24.7. The van der Waals surface area contributed by atoms with E-state index in [9.17, 15) is 27.6 Å². The molecule has 34 heavy (non-hydrogen) atoms. The molecule has 1 heterocycles. The van der Waals surface area contributed by atoms with E-state index in [2.05, 4.69) is 14.8 Å². The first-order chi connectivity index (χ1) is 16.3. The zero-order valence-corrected chi connectivity index (χ0v) is 18.2. The van der Waals surface area contributed by atoms with Crippen LogP contribution in [0.5, 0.6) is 11.5 Å². The molecular weight excluding hydrogens is 482 g/mol. The average molecular weight is 500 g/mol. The molecule has 1 N–H and O–H groups in total. The van der Waals surface area contributed by atoms with Gasteiger partial charge in [-0.2, -0.15) is 22.8 Å². The number of nitriles is 1. The van der Waals surface area contributed by atoms with Gasteiger partial charge in [0.2, 0.25) is 0 Å². The first-order valence-corrected chi connectivity index (χ1v) is 10.2. The van der Waals surface area contributed by atoms with Crippen LogP contribution in [0.15, 0.2) is 42.0 Å². The van der Waals surface area contributed by atoms with Crippen molar-refractivity contribution in [1.29, 1.82) is 5.26 Å². The van der Waals surface area contributed by atoms with Crippen LogP contribution in [-0.2, 0) is 9.53 Å². The number of ether oxygens (including phenoxy) is 3. The van der Waals surface area contributed by atoms with Crippen LogP contribution in [0, 0.1) is 11.3 Å². The molecule has 0 aromatic heterocycles. The Hall–Kier alpha value is -3.49. The van der Waals surface area contributed by atoms with E-state index in [-0.39, 0.29) is 5.56 Å². The van der Waals surface area contributed by atoms with Crippen molar-refractivity contribution in [2.75, 3.05) is 36.5 Å². The average Bonchev–Trinajstić information content (AvgIpc) is 2.78. The molecular formula is C22H18ClF4N3O4. The molecule has 0 radical (unpaired) electrons. The highest BCUT2D eigenvalue weighted by Crippen LogP contribution is 2.32. The van der Waals surface area contributed by atoms with Gasteiger partial charge in [0.15, 0.2) is 0 Å². The van der Waals surface area contributed by atoms with Gasteiger partial charge in [-0.15, -0.1) is 0 Å². The number of carbonyl (C=O) groups is 1. The number of benzene rings is 2. The summed E-state index contributed by atoms with van der Waals surface area (Å²) in [5, 5.41) is 12.5. The molecule has 12 heteroatoms. The van der Waals surface area contributed by atoms with Gasteiger partial charge in [-0.25, -0.2) is 0 Å². The van der Waals surface area contributed by atoms with Crippen molar-refractivity contribution in [3.05, 3.63) is 52.6 Å². The number of halogens is 5. The summed E-state index contributed by atoms with van der Waals surface area (Å²) < 4.78 is 64.4. The number of alkyl halides is 4. The molecule has 1 aliphatic heterocycles. The second-order valence-corrected chi connectivity index (χ2v) is 7.28. The number of nitrogens with zero attached hydrogens (tertiary/aromatic N) is 2. The third kappa shape index (κ3) is 6.76. The lowest BCUT2D eigenvalue weighted by atomic mass is 10.1. The Morgan fingerprint density at radius 2 is 1.82 bits per heavy atom. The Morgan fingerprint density at radius 1 is 1.12 bits per heavy atom. The van der Waals surface area contributed by atoms with Crippen LogP contribution in [-0.4, -0.2) is 45.4 Å². The zero-order valence-electron chi connectivity index (χ0n) is 17.4. The smallest absolute Gasteiger partial charge is 0.387 e. The molecule has 0 unspecified atom stereocenters. The first kappa shape index (κ1) is 25.1. The van der Waals surface area contributed by atoms with Crippen LogP contribution < -0.4 is 19.7 Å². The van der Waals surface area contributed by atoms with Crippen LogP contribution in [0.25, 0.3) is 6.08 Å². The number of amides is 1. The Labute approximate surface area is 197 Å². The fraction of sp³-hybridized carbons (Fsp3) is 0.273. The normalized spacial score (nSPS) is 14.2. The van der Waals surface area contributed by atoms with Crippen molar-refractivity contribution in [3.63, 3.8) is 0 Å². The highest BCUT2D eigenvalue weighted by atomic mass is 35.5. The standard InChI is InChI=1S/C22H18ClF4N3O4/c23-15-2-4-18(30-5-7-32-8-6-30)17(10-15)29-20(31)14(12-28)9-13-1-3-16(33-21(24)25)11-19(13)34-22(26)27/h1-4,9-11,21-22H,5-8H2,(H,29,31)/b14-9+. The molecule has 0 bridgehead atoms. The molecule has 2 aromatic rings. The summed E-state index contributed by atoms with van der Waals surface area (Å²) in [6.07, 6.45) is 0.998. The third-order valence-corrected chi connectivity index (χ3v) is 4.88. The summed E-state index contributed by atoms with van der Waals surface area (Å²) >= 11 is 6.08. The molecule has 1 saturated heterocycles.